The highest BCUT2D eigenvalue weighted by Crippen LogP contribution is 2.19. The summed E-state index contributed by atoms with van der Waals surface area (Å²) in [5.74, 6) is -0.936. The molecule has 3 aromatic rings. The summed E-state index contributed by atoms with van der Waals surface area (Å²) in [6.45, 7) is 3.12. The Kier molecular flexibility index (Phi) is 4.79. The molecule has 7 heteroatoms. The number of carbonyl (C=O) groups is 2. The first kappa shape index (κ1) is 17.3. The van der Waals surface area contributed by atoms with Crippen LogP contribution in [0.3, 0.4) is 0 Å². The molecule has 26 heavy (non-hydrogen) atoms. The summed E-state index contributed by atoms with van der Waals surface area (Å²) >= 11 is 0. The standard InChI is InChI=1S/C19H17FN4O2/c1-12-16(11-21-24(12)18-6-4-3-5-17(18)20)19(26)23-15-9-7-14(8-10-15)22-13(2)25/h3-11H,1-2H3,(H,22,25)(H,23,26). The third-order valence-corrected chi connectivity index (χ3v) is 3.80. The minimum atomic E-state index is -0.417. The van der Waals surface area contributed by atoms with Gasteiger partial charge in [-0.25, -0.2) is 9.07 Å². The van der Waals surface area contributed by atoms with Crippen LogP contribution in [0.2, 0.25) is 0 Å². The van der Waals surface area contributed by atoms with Gasteiger partial charge in [-0.1, -0.05) is 12.1 Å². The second-order valence-corrected chi connectivity index (χ2v) is 5.72. The summed E-state index contributed by atoms with van der Waals surface area (Å²) in [7, 11) is 0. The van der Waals surface area contributed by atoms with Crippen molar-refractivity contribution in [3.8, 4) is 5.69 Å². The van der Waals surface area contributed by atoms with Gasteiger partial charge in [0.2, 0.25) is 5.91 Å². The summed E-state index contributed by atoms with van der Waals surface area (Å²) in [5, 5.41) is 9.54. The van der Waals surface area contributed by atoms with Crippen molar-refractivity contribution in [1.29, 1.82) is 0 Å². The van der Waals surface area contributed by atoms with Crippen LogP contribution in [-0.2, 0) is 4.79 Å². The van der Waals surface area contributed by atoms with Gasteiger partial charge in [0.25, 0.3) is 5.91 Å². The molecule has 0 aliphatic rings. The Labute approximate surface area is 149 Å². The third kappa shape index (κ3) is 3.61. The third-order valence-electron chi connectivity index (χ3n) is 3.80. The topological polar surface area (TPSA) is 76.0 Å². The van der Waals surface area contributed by atoms with Gasteiger partial charge in [-0.15, -0.1) is 0 Å². The lowest BCUT2D eigenvalue weighted by Gasteiger charge is -2.08. The molecule has 0 atom stereocenters. The molecular formula is C19H17FN4O2. The van der Waals surface area contributed by atoms with Crippen LogP contribution < -0.4 is 10.6 Å². The molecule has 132 valence electrons. The summed E-state index contributed by atoms with van der Waals surface area (Å²) < 4.78 is 15.3. The van der Waals surface area contributed by atoms with E-state index in [1.54, 1.807) is 49.4 Å². The van der Waals surface area contributed by atoms with E-state index >= 15 is 0 Å². The van der Waals surface area contributed by atoms with Crippen LogP contribution in [0.5, 0.6) is 0 Å². The zero-order chi connectivity index (χ0) is 18.7. The van der Waals surface area contributed by atoms with Gasteiger partial charge >= 0.3 is 0 Å². The predicted octanol–water partition coefficient (Wildman–Crippen LogP) is 3.53. The van der Waals surface area contributed by atoms with Crippen molar-refractivity contribution in [2.45, 2.75) is 13.8 Å². The van der Waals surface area contributed by atoms with Gasteiger partial charge in [-0.05, 0) is 43.3 Å². The van der Waals surface area contributed by atoms with E-state index < -0.39 is 5.82 Å². The van der Waals surface area contributed by atoms with E-state index in [4.69, 9.17) is 0 Å². The van der Waals surface area contributed by atoms with Crippen LogP contribution in [0, 0.1) is 12.7 Å². The molecule has 0 saturated carbocycles. The molecular weight excluding hydrogens is 335 g/mol. The summed E-state index contributed by atoms with van der Waals surface area (Å²) in [5.41, 5.74) is 2.37. The van der Waals surface area contributed by atoms with Crippen molar-refractivity contribution in [2.24, 2.45) is 0 Å². The van der Waals surface area contributed by atoms with Crippen LogP contribution in [0.4, 0.5) is 15.8 Å². The first-order valence-corrected chi connectivity index (χ1v) is 7.94. The van der Waals surface area contributed by atoms with Gasteiger partial charge in [0, 0.05) is 18.3 Å². The normalized spacial score (nSPS) is 10.4. The zero-order valence-electron chi connectivity index (χ0n) is 14.3. The summed E-state index contributed by atoms with van der Waals surface area (Å²) in [6, 6.07) is 13.0. The number of hydrogen-bond acceptors (Lipinski definition) is 3. The number of benzene rings is 2. The van der Waals surface area contributed by atoms with E-state index in [2.05, 4.69) is 15.7 Å². The second kappa shape index (κ2) is 7.18. The number of nitrogens with one attached hydrogen (secondary N) is 2. The monoisotopic (exact) mass is 352 g/mol. The number of aromatic nitrogens is 2. The molecule has 0 radical (unpaired) electrons. The maximum Gasteiger partial charge on any atom is 0.259 e. The molecule has 3 rings (SSSR count). The highest BCUT2D eigenvalue weighted by atomic mass is 19.1. The molecule has 1 aromatic heterocycles. The highest BCUT2D eigenvalue weighted by molar-refractivity contribution is 6.05. The lowest BCUT2D eigenvalue weighted by Crippen LogP contribution is -2.13. The van der Waals surface area contributed by atoms with Gasteiger partial charge in [0.05, 0.1) is 17.5 Å². The molecule has 0 unspecified atom stereocenters. The smallest absolute Gasteiger partial charge is 0.259 e. The SMILES string of the molecule is CC(=O)Nc1ccc(NC(=O)c2cnn(-c3ccccc3F)c2C)cc1. The molecule has 0 saturated heterocycles. The molecule has 0 bridgehead atoms. The van der Waals surface area contributed by atoms with Crippen LogP contribution in [0.25, 0.3) is 5.69 Å². The van der Waals surface area contributed by atoms with Gasteiger partial charge < -0.3 is 10.6 Å². The van der Waals surface area contributed by atoms with Crippen LogP contribution >= 0.6 is 0 Å². The van der Waals surface area contributed by atoms with Crippen LogP contribution in [0.15, 0.2) is 54.7 Å². The quantitative estimate of drug-likeness (QED) is 0.754. The van der Waals surface area contributed by atoms with E-state index in [1.165, 1.54) is 23.9 Å². The Morgan fingerprint density at radius 1 is 1.00 bits per heavy atom. The molecule has 2 aromatic carbocycles. The fourth-order valence-electron chi connectivity index (χ4n) is 2.54. The first-order valence-electron chi connectivity index (χ1n) is 7.94. The second-order valence-electron chi connectivity index (χ2n) is 5.72. The minimum Gasteiger partial charge on any atom is -0.326 e. The van der Waals surface area contributed by atoms with E-state index in [9.17, 15) is 14.0 Å². The summed E-state index contributed by atoms with van der Waals surface area (Å²) in [6.07, 6.45) is 1.41. The number of para-hydroxylation sites is 1. The molecule has 2 amide bonds. The Morgan fingerprint density at radius 3 is 2.23 bits per heavy atom. The maximum absolute atomic E-state index is 13.9. The van der Waals surface area contributed by atoms with E-state index in [0.29, 0.717) is 22.6 Å². The molecule has 6 nitrogen and oxygen atoms in total. The summed E-state index contributed by atoms with van der Waals surface area (Å²) in [4.78, 5) is 23.5. The number of rotatable bonds is 4. The van der Waals surface area contributed by atoms with Crippen molar-refractivity contribution in [1.82, 2.24) is 9.78 Å². The van der Waals surface area contributed by atoms with Gasteiger partial charge in [0.1, 0.15) is 11.5 Å². The van der Waals surface area contributed by atoms with Gasteiger partial charge in [-0.2, -0.15) is 5.10 Å². The Balaban J connectivity index is 1.79. The largest absolute Gasteiger partial charge is 0.326 e. The average Bonchev–Trinajstić information content (AvgIpc) is 2.98. The van der Waals surface area contributed by atoms with Gasteiger partial charge in [-0.3, -0.25) is 9.59 Å². The molecule has 0 spiro atoms. The van der Waals surface area contributed by atoms with Gasteiger partial charge in [0.15, 0.2) is 0 Å². The van der Waals surface area contributed by atoms with Crippen LogP contribution in [0.1, 0.15) is 23.0 Å². The number of hydrogen-bond donors (Lipinski definition) is 2. The molecule has 0 fully saturated rings. The maximum atomic E-state index is 13.9. The highest BCUT2D eigenvalue weighted by Gasteiger charge is 2.17. The Morgan fingerprint density at radius 2 is 1.62 bits per heavy atom. The van der Waals surface area contributed by atoms with E-state index in [0.717, 1.165) is 0 Å². The number of carbonyl (C=O) groups excluding carboxylic acids is 2. The molecule has 1 heterocycles. The number of amides is 2. The number of anilines is 2. The van der Waals surface area contributed by atoms with Crippen molar-refractivity contribution in [3.63, 3.8) is 0 Å². The molecule has 0 aliphatic heterocycles. The Hall–Kier alpha value is -3.48. The lowest BCUT2D eigenvalue weighted by atomic mass is 10.2. The van der Waals surface area contributed by atoms with Crippen molar-refractivity contribution < 1.29 is 14.0 Å². The first-order chi connectivity index (χ1) is 12.5. The van der Waals surface area contributed by atoms with Crippen molar-refractivity contribution in [2.75, 3.05) is 10.6 Å². The van der Waals surface area contributed by atoms with Crippen molar-refractivity contribution >= 4 is 23.2 Å². The number of halogens is 1. The predicted molar refractivity (Wildman–Crippen MR) is 97.0 cm³/mol. The average molecular weight is 352 g/mol. The Bertz CT molecular complexity index is 964. The molecule has 0 aliphatic carbocycles. The van der Waals surface area contributed by atoms with E-state index in [1.807, 2.05) is 0 Å². The van der Waals surface area contributed by atoms with E-state index in [-0.39, 0.29) is 17.5 Å². The molecule has 2 N–H and O–H groups in total. The van der Waals surface area contributed by atoms with Crippen molar-refractivity contribution in [3.05, 3.63) is 71.8 Å². The fourth-order valence-corrected chi connectivity index (χ4v) is 2.54. The van der Waals surface area contributed by atoms with Crippen LogP contribution in [-0.4, -0.2) is 21.6 Å². The number of nitrogens with zero attached hydrogens (tertiary/aromatic N) is 2. The zero-order valence-corrected chi connectivity index (χ0v) is 14.3. The fraction of sp³-hybridized carbons (Fsp3) is 0.105. The minimum absolute atomic E-state index is 0.169. The lowest BCUT2D eigenvalue weighted by molar-refractivity contribution is -0.114.